The van der Waals surface area contributed by atoms with Crippen LogP contribution in [0.2, 0.25) is 0 Å². The number of rotatable bonds is 5. The summed E-state index contributed by atoms with van der Waals surface area (Å²) in [7, 11) is 0. The normalized spacial score (nSPS) is 22.7. The molecule has 1 aromatic carbocycles. The Balaban J connectivity index is 1.48. The minimum atomic E-state index is 0.224. The van der Waals surface area contributed by atoms with Gasteiger partial charge in [-0.25, -0.2) is 0 Å². The summed E-state index contributed by atoms with van der Waals surface area (Å²) in [5, 5.41) is 11.0. The number of carbonyl (C=O) groups is 1. The number of allylic oxidation sites excluding steroid dienone is 1. The zero-order chi connectivity index (χ0) is 21.2. The first-order valence-electron chi connectivity index (χ1n) is 10.8. The Morgan fingerprint density at radius 1 is 1.19 bits per heavy atom. The van der Waals surface area contributed by atoms with Crippen LogP contribution < -0.4 is 20.3 Å². The van der Waals surface area contributed by atoms with Gasteiger partial charge in [0.05, 0.1) is 41.8 Å². The molecular formula is C24H25ClN4O2. The SMILES string of the molecule is O=CCN1CC=C(Cl)C(C2CCC(Oc3ccccc3)CC2)=c2[nH]c3c(c21)CN=NC=3. The first kappa shape index (κ1) is 20.1. The Morgan fingerprint density at radius 2 is 2.00 bits per heavy atom. The Hall–Kier alpha value is -2.86. The van der Waals surface area contributed by atoms with E-state index in [0.717, 1.165) is 70.3 Å². The van der Waals surface area contributed by atoms with E-state index in [1.54, 1.807) is 6.20 Å². The van der Waals surface area contributed by atoms with Gasteiger partial charge in [0.15, 0.2) is 0 Å². The van der Waals surface area contributed by atoms with Crippen LogP contribution in [0.25, 0.3) is 11.8 Å². The third-order valence-electron chi connectivity index (χ3n) is 6.36. The number of nitrogens with zero attached hydrogens (tertiary/aromatic N) is 3. The molecule has 0 saturated heterocycles. The first-order valence-corrected chi connectivity index (χ1v) is 11.2. The number of aromatic amines is 1. The molecule has 0 spiro atoms. The van der Waals surface area contributed by atoms with Crippen LogP contribution in [0.3, 0.4) is 0 Å². The summed E-state index contributed by atoms with van der Waals surface area (Å²) < 4.78 is 6.19. The van der Waals surface area contributed by atoms with Gasteiger partial charge >= 0.3 is 0 Å². The highest BCUT2D eigenvalue weighted by Crippen LogP contribution is 2.38. The van der Waals surface area contributed by atoms with Crippen LogP contribution in [-0.2, 0) is 11.3 Å². The van der Waals surface area contributed by atoms with E-state index in [-0.39, 0.29) is 6.10 Å². The van der Waals surface area contributed by atoms with Gasteiger partial charge in [-0.05, 0) is 55.4 Å². The third-order valence-corrected chi connectivity index (χ3v) is 6.72. The average Bonchev–Trinajstić information content (AvgIpc) is 3.11. The molecule has 0 atom stereocenters. The minimum Gasteiger partial charge on any atom is -0.490 e. The van der Waals surface area contributed by atoms with Crippen molar-refractivity contribution < 1.29 is 9.53 Å². The molecule has 0 unspecified atom stereocenters. The number of ether oxygens (including phenoxy) is 1. The van der Waals surface area contributed by atoms with Gasteiger partial charge in [-0.1, -0.05) is 29.8 Å². The molecular weight excluding hydrogens is 412 g/mol. The monoisotopic (exact) mass is 436 g/mol. The van der Waals surface area contributed by atoms with Crippen LogP contribution in [0, 0.1) is 5.92 Å². The Morgan fingerprint density at radius 3 is 2.77 bits per heavy atom. The summed E-state index contributed by atoms with van der Waals surface area (Å²) in [5.74, 6) is 1.26. The van der Waals surface area contributed by atoms with Gasteiger partial charge in [0.25, 0.3) is 0 Å². The van der Waals surface area contributed by atoms with Crippen molar-refractivity contribution in [3.05, 3.63) is 57.7 Å². The highest BCUT2D eigenvalue weighted by Gasteiger charge is 2.30. The molecule has 160 valence electrons. The number of aldehydes is 1. The predicted octanol–water partition coefficient (Wildman–Crippen LogP) is 3.65. The second-order valence-corrected chi connectivity index (χ2v) is 8.63. The fourth-order valence-corrected chi connectivity index (χ4v) is 5.22. The molecule has 0 radical (unpaired) electrons. The molecule has 0 bridgehead atoms. The van der Waals surface area contributed by atoms with Crippen molar-refractivity contribution in [3.63, 3.8) is 0 Å². The highest BCUT2D eigenvalue weighted by atomic mass is 35.5. The van der Waals surface area contributed by atoms with E-state index >= 15 is 0 Å². The number of anilines is 1. The highest BCUT2D eigenvalue weighted by molar-refractivity contribution is 6.36. The lowest BCUT2D eigenvalue weighted by Crippen LogP contribution is -2.31. The summed E-state index contributed by atoms with van der Waals surface area (Å²) in [5.41, 5.74) is 3.28. The Kier molecular flexibility index (Phi) is 5.64. The van der Waals surface area contributed by atoms with Crippen molar-refractivity contribution in [3.8, 4) is 5.75 Å². The molecule has 1 fully saturated rings. The van der Waals surface area contributed by atoms with Gasteiger partial charge in [-0.3, -0.25) is 0 Å². The van der Waals surface area contributed by atoms with Crippen LogP contribution in [0.15, 0.2) is 51.7 Å². The van der Waals surface area contributed by atoms with Crippen molar-refractivity contribution >= 4 is 35.3 Å². The maximum atomic E-state index is 11.4. The summed E-state index contributed by atoms with van der Waals surface area (Å²) in [6, 6.07) is 10.0. The molecule has 0 amide bonds. The number of H-pyrrole nitrogens is 1. The average molecular weight is 437 g/mol. The van der Waals surface area contributed by atoms with Gasteiger partial charge in [0.1, 0.15) is 12.0 Å². The van der Waals surface area contributed by atoms with Gasteiger partial charge in [0, 0.05) is 17.1 Å². The molecule has 2 aromatic rings. The second kappa shape index (κ2) is 8.71. The van der Waals surface area contributed by atoms with Crippen molar-refractivity contribution in [2.24, 2.45) is 16.1 Å². The number of aromatic nitrogens is 1. The molecule has 2 aliphatic heterocycles. The lowest BCUT2D eigenvalue weighted by Gasteiger charge is -2.30. The lowest BCUT2D eigenvalue weighted by atomic mass is 9.81. The van der Waals surface area contributed by atoms with Crippen LogP contribution >= 0.6 is 11.6 Å². The van der Waals surface area contributed by atoms with Gasteiger partial charge in [-0.15, -0.1) is 0 Å². The number of carbonyl (C=O) groups excluding carboxylic acids is 1. The number of fused-ring (bicyclic) bond motifs is 3. The van der Waals surface area contributed by atoms with Gasteiger partial charge in [-0.2, -0.15) is 10.2 Å². The van der Waals surface area contributed by atoms with Crippen LogP contribution in [0.1, 0.15) is 31.2 Å². The third kappa shape index (κ3) is 3.92. The van der Waals surface area contributed by atoms with Crippen molar-refractivity contribution in [1.82, 2.24) is 4.98 Å². The Bertz CT molecular complexity index is 1140. The summed E-state index contributed by atoms with van der Waals surface area (Å²) in [4.78, 5) is 17.0. The summed E-state index contributed by atoms with van der Waals surface area (Å²) >= 11 is 6.84. The lowest BCUT2D eigenvalue weighted by molar-refractivity contribution is -0.106. The predicted molar refractivity (Wildman–Crippen MR) is 122 cm³/mol. The van der Waals surface area contributed by atoms with E-state index in [0.29, 0.717) is 25.6 Å². The molecule has 1 aromatic heterocycles. The molecule has 3 aliphatic rings. The molecule has 31 heavy (non-hydrogen) atoms. The van der Waals surface area contributed by atoms with E-state index in [2.05, 4.69) is 20.1 Å². The largest absolute Gasteiger partial charge is 0.490 e. The zero-order valence-corrected chi connectivity index (χ0v) is 18.0. The van der Waals surface area contributed by atoms with Crippen LogP contribution in [0.5, 0.6) is 5.75 Å². The molecule has 5 rings (SSSR count). The fourth-order valence-electron chi connectivity index (χ4n) is 4.90. The van der Waals surface area contributed by atoms with Gasteiger partial charge < -0.3 is 19.4 Å². The second-order valence-electron chi connectivity index (χ2n) is 8.23. The van der Waals surface area contributed by atoms with Crippen molar-refractivity contribution in [2.45, 2.75) is 38.3 Å². The molecule has 6 nitrogen and oxygen atoms in total. The molecule has 7 heteroatoms. The molecule has 1 aliphatic carbocycles. The zero-order valence-electron chi connectivity index (χ0n) is 17.3. The number of hydrogen-bond donors (Lipinski definition) is 1. The quantitative estimate of drug-likeness (QED) is 0.727. The first-order chi connectivity index (χ1) is 15.2. The van der Waals surface area contributed by atoms with E-state index in [9.17, 15) is 4.79 Å². The number of benzene rings is 1. The van der Waals surface area contributed by atoms with Crippen LogP contribution in [0.4, 0.5) is 5.69 Å². The molecule has 1 saturated carbocycles. The smallest absolute Gasteiger partial charge is 0.139 e. The van der Waals surface area contributed by atoms with Crippen LogP contribution in [-0.4, -0.2) is 30.5 Å². The molecule has 3 heterocycles. The number of hydrogen-bond acceptors (Lipinski definition) is 5. The topological polar surface area (TPSA) is 70.0 Å². The van der Waals surface area contributed by atoms with Crippen molar-refractivity contribution in [2.75, 3.05) is 18.0 Å². The van der Waals surface area contributed by atoms with E-state index in [1.807, 2.05) is 36.4 Å². The minimum absolute atomic E-state index is 0.224. The number of para-hydroxylation sites is 1. The fraction of sp³-hybridized carbons (Fsp3) is 0.375. The number of azo groups is 1. The maximum absolute atomic E-state index is 11.4. The number of halogens is 1. The standard InChI is InChI=1S/C24H25ClN4O2/c25-20-10-11-29(12-13-30)24-19-14-26-27-15-21(19)28-23(24)22(20)16-6-8-18(9-7-16)31-17-4-2-1-3-5-17/h1-5,10,13,15-16,18,28H,6-9,11-12,14H2. The Labute approximate surface area is 186 Å². The molecule has 1 N–H and O–H groups in total. The van der Waals surface area contributed by atoms with E-state index < -0.39 is 0 Å². The van der Waals surface area contributed by atoms with Crippen molar-refractivity contribution in [1.29, 1.82) is 0 Å². The van der Waals surface area contributed by atoms with Gasteiger partial charge in [0.2, 0.25) is 0 Å². The summed E-state index contributed by atoms with van der Waals surface area (Å²) in [6.45, 7) is 1.43. The maximum Gasteiger partial charge on any atom is 0.139 e. The van der Waals surface area contributed by atoms with E-state index in [4.69, 9.17) is 16.3 Å². The number of nitrogens with one attached hydrogen (secondary N) is 1. The van der Waals surface area contributed by atoms with E-state index in [1.165, 1.54) is 0 Å². The summed E-state index contributed by atoms with van der Waals surface area (Å²) in [6.07, 6.45) is 8.93.